The van der Waals surface area contributed by atoms with E-state index in [1.165, 1.54) is 17.3 Å². The van der Waals surface area contributed by atoms with Crippen molar-refractivity contribution < 1.29 is 4.79 Å². The topological polar surface area (TPSA) is 59.8 Å². The van der Waals surface area contributed by atoms with Crippen LogP contribution in [0.5, 0.6) is 0 Å². The number of carbonyl (C=O) groups is 1. The molecular weight excluding hydrogens is 332 g/mol. The van der Waals surface area contributed by atoms with Gasteiger partial charge in [0.15, 0.2) is 5.16 Å². The first-order chi connectivity index (χ1) is 12.1. The molecule has 1 heterocycles. The molecule has 0 aliphatic rings. The van der Waals surface area contributed by atoms with E-state index in [4.69, 9.17) is 0 Å². The second-order valence-corrected chi connectivity index (χ2v) is 7.02. The number of aryl methyl sites for hydroxylation is 1. The Balaban J connectivity index is 1.69. The second kappa shape index (κ2) is 7.98. The summed E-state index contributed by atoms with van der Waals surface area (Å²) in [4.78, 5) is 12.4. The van der Waals surface area contributed by atoms with Crippen molar-refractivity contribution in [2.24, 2.45) is 0 Å². The van der Waals surface area contributed by atoms with Gasteiger partial charge in [-0.25, -0.2) is 0 Å². The fourth-order valence-electron chi connectivity index (χ4n) is 2.37. The molecule has 0 spiro atoms. The SMILES string of the molecule is Cc1nnc(S[C@H](C)C(=O)Nc2ccccc2)n1Cc1ccccc1. The van der Waals surface area contributed by atoms with Crippen molar-refractivity contribution >= 4 is 23.4 Å². The van der Waals surface area contributed by atoms with E-state index in [1.807, 2.05) is 66.9 Å². The third-order valence-corrected chi connectivity index (χ3v) is 4.86. The molecule has 6 heteroatoms. The minimum absolute atomic E-state index is 0.0527. The molecule has 128 valence electrons. The first kappa shape index (κ1) is 17.2. The molecule has 3 rings (SSSR count). The zero-order valence-electron chi connectivity index (χ0n) is 14.2. The Morgan fingerprint density at radius 2 is 1.72 bits per heavy atom. The number of aromatic nitrogens is 3. The maximum atomic E-state index is 12.4. The van der Waals surface area contributed by atoms with Crippen LogP contribution >= 0.6 is 11.8 Å². The Morgan fingerprint density at radius 3 is 2.40 bits per heavy atom. The van der Waals surface area contributed by atoms with Gasteiger partial charge in [-0.2, -0.15) is 0 Å². The van der Waals surface area contributed by atoms with Gasteiger partial charge in [0.25, 0.3) is 0 Å². The van der Waals surface area contributed by atoms with Gasteiger partial charge in [-0.15, -0.1) is 10.2 Å². The highest BCUT2D eigenvalue weighted by atomic mass is 32.2. The number of nitrogens with one attached hydrogen (secondary N) is 1. The molecule has 1 N–H and O–H groups in total. The second-order valence-electron chi connectivity index (χ2n) is 5.72. The molecule has 0 fully saturated rings. The Hall–Kier alpha value is -2.60. The first-order valence-electron chi connectivity index (χ1n) is 8.10. The van der Waals surface area contributed by atoms with E-state index in [9.17, 15) is 4.79 Å². The van der Waals surface area contributed by atoms with E-state index in [2.05, 4.69) is 27.6 Å². The smallest absolute Gasteiger partial charge is 0.237 e. The minimum Gasteiger partial charge on any atom is -0.325 e. The van der Waals surface area contributed by atoms with Crippen LogP contribution in [0.3, 0.4) is 0 Å². The highest BCUT2D eigenvalue weighted by molar-refractivity contribution is 8.00. The molecule has 0 bridgehead atoms. The molecule has 0 aliphatic carbocycles. The highest BCUT2D eigenvalue weighted by Gasteiger charge is 2.19. The van der Waals surface area contributed by atoms with E-state index >= 15 is 0 Å². The average molecular weight is 352 g/mol. The van der Waals surface area contributed by atoms with Crippen LogP contribution in [0.4, 0.5) is 5.69 Å². The van der Waals surface area contributed by atoms with Gasteiger partial charge >= 0.3 is 0 Å². The van der Waals surface area contributed by atoms with Gasteiger partial charge < -0.3 is 9.88 Å². The van der Waals surface area contributed by atoms with Crippen LogP contribution in [0.2, 0.25) is 0 Å². The van der Waals surface area contributed by atoms with Gasteiger partial charge in [0.2, 0.25) is 5.91 Å². The van der Waals surface area contributed by atoms with Crippen molar-refractivity contribution in [1.29, 1.82) is 0 Å². The predicted octanol–water partition coefficient (Wildman–Crippen LogP) is 3.75. The van der Waals surface area contributed by atoms with Crippen LogP contribution in [-0.4, -0.2) is 25.9 Å². The van der Waals surface area contributed by atoms with E-state index in [0.717, 1.165) is 16.7 Å². The highest BCUT2D eigenvalue weighted by Crippen LogP contribution is 2.24. The van der Waals surface area contributed by atoms with E-state index in [-0.39, 0.29) is 11.2 Å². The lowest BCUT2D eigenvalue weighted by Gasteiger charge is -2.13. The van der Waals surface area contributed by atoms with Gasteiger partial charge in [-0.3, -0.25) is 4.79 Å². The zero-order valence-corrected chi connectivity index (χ0v) is 15.0. The number of hydrogen-bond donors (Lipinski definition) is 1. The lowest BCUT2D eigenvalue weighted by atomic mass is 10.2. The molecular formula is C19H20N4OS. The fourth-order valence-corrected chi connectivity index (χ4v) is 3.27. The summed E-state index contributed by atoms with van der Waals surface area (Å²) in [5, 5.41) is 11.8. The molecule has 0 radical (unpaired) electrons. The maximum Gasteiger partial charge on any atom is 0.237 e. The number of hydrogen-bond acceptors (Lipinski definition) is 4. The number of rotatable bonds is 6. The number of amides is 1. The van der Waals surface area contributed by atoms with Gasteiger partial charge in [0.1, 0.15) is 5.82 Å². The lowest BCUT2D eigenvalue weighted by Crippen LogP contribution is -2.23. The number of para-hydroxylation sites is 1. The number of nitrogens with zero attached hydrogens (tertiary/aromatic N) is 3. The molecule has 0 saturated carbocycles. The Morgan fingerprint density at radius 1 is 1.08 bits per heavy atom. The third-order valence-electron chi connectivity index (χ3n) is 3.78. The van der Waals surface area contributed by atoms with Gasteiger partial charge in [-0.1, -0.05) is 60.3 Å². The molecule has 5 nitrogen and oxygen atoms in total. The largest absolute Gasteiger partial charge is 0.325 e. The summed E-state index contributed by atoms with van der Waals surface area (Å²) in [6.45, 7) is 4.49. The zero-order chi connectivity index (χ0) is 17.6. The summed E-state index contributed by atoms with van der Waals surface area (Å²) in [6, 6.07) is 19.6. The van der Waals surface area contributed by atoms with Crippen LogP contribution in [0, 0.1) is 6.92 Å². The number of anilines is 1. The van der Waals surface area contributed by atoms with Crippen molar-refractivity contribution in [2.45, 2.75) is 30.8 Å². The summed E-state index contributed by atoms with van der Waals surface area (Å²) in [6.07, 6.45) is 0. The fraction of sp³-hybridized carbons (Fsp3) is 0.211. The Kier molecular flexibility index (Phi) is 5.50. The molecule has 25 heavy (non-hydrogen) atoms. The van der Waals surface area contributed by atoms with Crippen LogP contribution < -0.4 is 5.32 Å². The van der Waals surface area contributed by atoms with Crippen molar-refractivity contribution in [1.82, 2.24) is 14.8 Å². The average Bonchev–Trinajstić information content (AvgIpc) is 2.97. The van der Waals surface area contributed by atoms with Gasteiger partial charge in [0.05, 0.1) is 11.8 Å². The van der Waals surface area contributed by atoms with Gasteiger partial charge in [-0.05, 0) is 31.5 Å². The summed E-state index contributed by atoms with van der Waals surface area (Å²) in [5.41, 5.74) is 1.97. The van der Waals surface area contributed by atoms with E-state index in [1.54, 1.807) is 0 Å². The molecule has 1 atom stereocenters. The molecule has 0 saturated heterocycles. The summed E-state index contributed by atoms with van der Waals surface area (Å²) >= 11 is 1.41. The van der Waals surface area contributed by atoms with Crippen LogP contribution in [-0.2, 0) is 11.3 Å². The van der Waals surface area contributed by atoms with E-state index < -0.39 is 0 Å². The molecule has 2 aromatic carbocycles. The van der Waals surface area contributed by atoms with Crippen molar-refractivity contribution in [3.63, 3.8) is 0 Å². The lowest BCUT2D eigenvalue weighted by molar-refractivity contribution is -0.115. The molecule has 0 aliphatic heterocycles. The van der Waals surface area contributed by atoms with Crippen molar-refractivity contribution in [3.05, 3.63) is 72.1 Å². The van der Waals surface area contributed by atoms with Crippen LogP contribution in [0.1, 0.15) is 18.3 Å². The monoisotopic (exact) mass is 352 g/mol. The third kappa shape index (κ3) is 4.48. The molecule has 0 unspecified atom stereocenters. The molecule has 1 aromatic heterocycles. The first-order valence-corrected chi connectivity index (χ1v) is 8.98. The summed E-state index contributed by atoms with van der Waals surface area (Å²) in [7, 11) is 0. The van der Waals surface area contributed by atoms with Crippen molar-refractivity contribution in [2.75, 3.05) is 5.32 Å². The quantitative estimate of drug-likeness (QED) is 0.686. The van der Waals surface area contributed by atoms with Gasteiger partial charge in [0, 0.05) is 5.69 Å². The minimum atomic E-state index is -0.279. The standard InChI is InChI=1S/C19H20N4OS/c1-14(18(24)20-17-11-7-4-8-12-17)25-19-22-21-15(2)23(19)13-16-9-5-3-6-10-16/h3-12,14H,13H2,1-2H3,(H,20,24)/t14-/m1/s1. The van der Waals surface area contributed by atoms with Crippen LogP contribution in [0.25, 0.3) is 0 Å². The normalized spacial score (nSPS) is 11.9. The number of thioether (sulfide) groups is 1. The summed E-state index contributed by atoms with van der Waals surface area (Å²) in [5.74, 6) is 0.783. The Bertz CT molecular complexity index is 833. The van der Waals surface area contributed by atoms with E-state index in [0.29, 0.717) is 6.54 Å². The Labute approximate surface area is 151 Å². The number of carbonyl (C=O) groups excluding carboxylic acids is 1. The maximum absolute atomic E-state index is 12.4. The van der Waals surface area contributed by atoms with Crippen LogP contribution in [0.15, 0.2) is 65.8 Å². The van der Waals surface area contributed by atoms with Crippen molar-refractivity contribution in [3.8, 4) is 0 Å². The predicted molar refractivity (Wildman–Crippen MR) is 101 cm³/mol. The number of benzene rings is 2. The molecule has 3 aromatic rings. The summed E-state index contributed by atoms with van der Waals surface area (Å²) < 4.78 is 2.03. The molecule has 1 amide bonds.